The maximum atomic E-state index is 5.96. The normalized spacial score (nSPS) is 11.4. The van der Waals surface area contributed by atoms with E-state index in [1.807, 2.05) is 12.1 Å². The largest absolute Gasteiger partial charge is 0.487 e. The van der Waals surface area contributed by atoms with Gasteiger partial charge in [0.15, 0.2) is 0 Å². The summed E-state index contributed by atoms with van der Waals surface area (Å²) in [6.45, 7) is 9.04. The quantitative estimate of drug-likeness (QED) is 0.748. The zero-order valence-electron chi connectivity index (χ0n) is 12.4. The van der Waals surface area contributed by atoms with Crippen LogP contribution >= 0.6 is 11.6 Å². The van der Waals surface area contributed by atoms with E-state index in [1.165, 1.54) is 11.1 Å². The van der Waals surface area contributed by atoms with E-state index in [2.05, 4.69) is 50.9 Å². The molecule has 1 aromatic heterocycles. The maximum absolute atomic E-state index is 5.96. The van der Waals surface area contributed by atoms with Gasteiger partial charge in [-0.15, -0.1) is 0 Å². The molecule has 20 heavy (non-hydrogen) atoms. The Kier molecular flexibility index (Phi) is 4.34. The molecule has 3 heteroatoms. The predicted molar refractivity (Wildman–Crippen MR) is 83.5 cm³/mol. The fraction of sp³-hybridized carbons (Fsp3) is 0.353. The predicted octanol–water partition coefficient (Wildman–Crippen LogP) is 4.92. The molecular weight excluding hydrogens is 270 g/mol. The molecule has 0 N–H and O–H groups in total. The Balaban J connectivity index is 2.22. The fourth-order valence-electron chi connectivity index (χ4n) is 2.05. The van der Waals surface area contributed by atoms with Crippen molar-refractivity contribution < 1.29 is 4.74 Å². The van der Waals surface area contributed by atoms with Gasteiger partial charge < -0.3 is 4.74 Å². The molecule has 2 aromatic rings. The van der Waals surface area contributed by atoms with Crippen LogP contribution in [0.25, 0.3) is 0 Å². The summed E-state index contributed by atoms with van der Waals surface area (Å²) in [4.78, 5) is 4.24. The van der Waals surface area contributed by atoms with Crippen molar-refractivity contribution in [2.24, 2.45) is 0 Å². The zero-order chi connectivity index (χ0) is 14.8. The van der Waals surface area contributed by atoms with E-state index in [-0.39, 0.29) is 5.41 Å². The molecule has 0 saturated heterocycles. The van der Waals surface area contributed by atoms with Gasteiger partial charge in [-0.2, -0.15) is 0 Å². The number of pyridine rings is 1. The molecule has 1 heterocycles. The van der Waals surface area contributed by atoms with E-state index in [1.54, 1.807) is 6.07 Å². The third kappa shape index (κ3) is 3.73. The highest BCUT2D eigenvalue weighted by atomic mass is 35.5. The number of benzene rings is 1. The van der Waals surface area contributed by atoms with Crippen molar-refractivity contribution >= 4 is 11.6 Å². The Labute approximate surface area is 125 Å². The van der Waals surface area contributed by atoms with Gasteiger partial charge in [0.2, 0.25) is 0 Å². The van der Waals surface area contributed by atoms with E-state index in [4.69, 9.17) is 16.3 Å². The third-order valence-electron chi connectivity index (χ3n) is 3.09. The van der Waals surface area contributed by atoms with Crippen molar-refractivity contribution in [3.63, 3.8) is 0 Å². The minimum Gasteiger partial charge on any atom is -0.487 e. The molecule has 0 unspecified atom stereocenters. The minimum absolute atomic E-state index is 0.0464. The van der Waals surface area contributed by atoms with Gasteiger partial charge in [-0.25, -0.2) is 4.98 Å². The minimum atomic E-state index is 0.0464. The summed E-state index contributed by atoms with van der Waals surface area (Å²) in [7, 11) is 0. The second kappa shape index (κ2) is 5.84. The van der Waals surface area contributed by atoms with Gasteiger partial charge in [-0.3, -0.25) is 0 Å². The van der Waals surface area contributed by atoms with Crippen LogP contribution < -0.4 is 4.74 Å². The zero-order valence-corrected chi connectivity index (χ0v) is 13.2. The van der Waals surface area contributed by atoms with Crippen LogP contribution in [-0.4, -0.2) is 4.98 Å². The smallest absolute Gasteiger partial charge is 0.130 e. The summed E-state index contributed by atoms with van der Waals surface area (Å²) in [5, 5.41) is 0.492. The van der Waals surface area contributed by atoms with Crippen molar-refractivity contribution in [1.82, 2.24) is 4.98 Å². The van der Waals surface area contributed by atoms with Gasteiger partial charge in [0.1, 0.15) is 17.5 Å². The molecule has 0 atom stereocenters. The van der Waals surface area contributed by atoms with Crippen molar-refractivity contribution in [1.29, 1.82) is 0 Å². The van der Waals surface area contributed by atoms with E-state index in [9.17, 15) is 0 Å². The molecule has 0 spiro atoms. The SMILES string of the molecule is Cc1ccc(C(C)(C)C)c(OCc2cccc(Cl)n2)c1. The van der Waals surface area contributed by atoms with Crippen LogP contribution in [0, 0.1) is 6.92 Å². The van der Waals surface area contributed by atoms with Crippen LogP contribution in [0.2, 0.25) is 5.15 Å². The van der Waals surface area contributed by atoms with Crippen LogP contribution in [-0.2, 0) is 12.0 Å². The number of aryl methyl sites for hydroxylation is 1. The molecule has 0 bridgehead atoms. The number of rotatable bonds is 3. The third-order valence-corrected chi connectivity index (χ3v) is 3.30. The van der Waals surface area contributed by atoms with E-state index < -0.39 is 0 Å². The second-order valence-electron chi connectivity index (χ2n) is 5.99. The van der Waals surface area contributed by atoms with Gasteiger partial charge in [-0.05, 0) is 41.7 Å². The first-order valence-corrected chi connectivity index (χ1v) is 7.09. The summed E-state index contributed by atoms with van der Waals surface area (Å²) in [6.07, 6.45) is 0. The summed E-state index contributed by atoms with van der Waals surface area (Å²) >= 11 is 5.89. The van der Waals surface area contributed by atoms with E-state index in [0.717, 1.165) is 11.4 Å². The number of hydrogen-bond acceptors (Lipinski definition) is 2. The van der Waals surface area contributed by atoms with Crippen molar-refractivity contribution in [2.45, 2.75) is 39.7 Å². The highest BCUT2D eigenvalue weighted by Gasteiger charge is 2.19. The van der Waals surface area contributed by atoms with Gasteiger partial charge in [0.05, 0.1) is 5.69 Å². The first-order chi connectivity index (χ1) is 9.36. The average molecular weight is 290 g/mol. The molecule has 106 valence electrons. The number of halogens is 1. The van der Waals surface area contributed by atoms with Crippen LogP contribution in [0.1, 0.15) is 37.6 Å². The average Bonchev–Trinajstić information content (AvgIpc) is 2.35. The van der Waals surface area contributed by atoms with E-state index in [0.29, 0.717) is 11.8 Å². The topological polar surface area (TPSA) is 22.1 Å². The summed E-state index contributed by atoms with van der Waals surface area (Å²) in [5.41, 5.74) is 3.26. The second-order valence-corrected chi connectivity index (χ2v) is 6.38. The van der Waals surface area contributed by atoms with Crippen LogP contribution in [0.3, 0.4) is 0 Å². The number of aromatic nitrogens is 1. The van der Waals surface area contributed by atoms with E-state index >= 15 is 0 Å². The van der Waals surface area contributed by atoms with Crippen molar-refractivity contribution in [3.8, 4) is 5.75 Å². The van der Waals surface area contributed by atoms with Crippen LogP contribution in [0.15, 0.2) is 36.4 Å². The molecule has 0 amide bonds. The van der Waals surface area contributed by atoms with Gasteiger partial charge >= 0.3 is 0 Å². The lowest BCUT2D eigenvalue weighted by Gasteiger charge is -2.23. The lowest BCUT2D eigenvalue weighted by Crippen LogP contribution is -2.13. The standard InChI is InChI=1S/C17H20ClNO/c1-12-8-9-14(17(2,3)4)15(10-12)20-11-13-6-5-7-16(18)19-13/h5-10H,11H2,1-4H3. The van der Waals surface area contributed by atoms with Crippen molar-refractivity contribution in [3.05, 3.63) is 58.4 Å². The first kappa shape index (κ1) is 14.9. The molecule has 0 fully saturated rings. The monoisotopic (exact) mass is 289 g/mol. The molecule has 0 radical (unpaired) electrons. The molecule has 2 rings (SSSR count). The first-order valence-electron chi connectivity index (χ1n) is 6.71. The highest BCUT2D eigenvalue weighted by molar-refractivity contribution is 6.29. The number of hydrogen-bond donors (Lipinski definition) is 0. The lowest BCUT2D eigenvalue weighted by atomic mass is 9.86. The Hall–Kier alpha value is -1.54. The molecule has 0 aliphatic heterocycles. The summed E-state index contributed by atoms with van der Waals surface area (Å²) in [5.74, 6) is 0.916. The molecule has 0 saturated carbocycles. The highest BCUT2D eigenvalue weighted by Crippen LogP contribution is 2.32. The Morgan fingerprint density at radius 2 is 1.90 bits per heavy atom. The van der Waals surface area contributed by atoms with Crippen LogP contribution in [0.5, 0.6) is 5.75 Å². The maximum Gasteiger partial charge on any atom is 0.130 e. The number of ether oxygens (including phenoxy) is 1. The lowest BCUT2D eigenvalue weighted by molar-refractivity contribution is 0.293. The molecule has 2 nitrogen and oxygen atoms in total. The summed E-state index contributed by atoms with van der Waals surface area (Å²) < 4.78 is 5.96. The molecular formula is C17H20ClNO. The number of nitrogens with zero attached hydrogens (tertiary/aromatic N) is 1. The fourth-order valence-corrected chi connectivity index (χ4v) is 2.23. The van der Waals surface area contributed by atoms with Crippen molar-refractivity contribution in [2.75, 3.05) is 0 Å². The molecule has 0 aliphatic carbocycles. The molecule has 1 aromatic carbocycles. The molecule has 0 aliphatic rings. The Morgan fingerprint density at radius 3 is 2.55 bits per heavy atom. The van der Waals surface area contributed by atoms with Gasteiger partial charge in [-0.1, -0.05) is 50.6 Å². The Bertz CT molecular complexity index is 602. The van der Waals surface area contributed by atoms with Crippen LogP contribution in [0.4, 0.5) is 0 Å². The Morgan fingerprint density at radius 1 is 1.15 bits per heavy atom. The van der Waals surface area contributed by atoms with Gasteiger partial charge in [0.25, 0.3) is 0 Å². The summed E-state index contributed by atoms with van der Waals surface area (Å²) in [6, 6.07) is 11.9. The van der Waals surface area contributed by atoms with Gasteiger partial charge in [0, 0.05) is 0 Å².